The molecular weight excluding hydrogens is 176 g/mol. The molecule has 1 heterocycles. The third-order valence-electron chi connectivity index (χ3n) is 3.81. The molecule has 1 fully saturated rings. The molecule has 1 aliphatic rings. The van der Waals surface area contributed by atoms with Crippen molar-refractivity contribution < 1.29 is 4.79 Å². The van der Waals surface area contributed by atoms with Crippen LogP contribution in [0.1, 0.15) is 47.5 Å². The van der Waals surface area contributed by atoms with Crippen molar-refractivity contribution in [2.24, 2.45) is 5.41 Å². The number of carbonyl (C=O) groups is 1. The van der Waals surface area contributed by atoms with E-state index in [0.29, 0.717) is 0 Å². The molecule has 0 aromatic rings. The summed E-state index contributed by atoms with van der Waals surface area (Å²) < 4.78 is 0. The lowest BCUT2D eigenvalue weighted by Gasteiger charge is -2.52. The van der Waals surface area contributed by atoms with Gasteiger partial charge in [-0.2, -0.15) is 0 Å². The molecule has 0 spiro atoms. The van der Waals surface area contributed by atoms with Gasteiger partial charge < -0.3 is 0 Å². The van der Waals surface area contributed by atoms with E-state index in [0.717, 1.165) is 13.0 Å². The van der Waals surface area contributed by atoms with Crippen LogP contribution in [0.5, 0.6) is 0 Å². The third kappa shape index (κ3) is 1.92. The summed E-state index contributed by atoms with van der Waals surface area (Å²) in [7, 11) is 0. The predicted molar refractivity (Wildman–Crippen MR) is 57.6 cm³/mol. The number of hydrogen-bond donors (Lipinski definition) is 1. The highest BCUT2D eigenvalue weighted by atomic mass is 16.2. The van der Waals surface area contributed by atoms with Gasteiger partial charge in [0.25, 0.3) is 0 Å². The molecule has 0 bridgehead atoms. The molecule has 1 aliphatic heterocycles. The summed E-state index contributed by atoms with van der Waals surface area (Å²) in [6.07, 6.45) is 2.37. The minimum Gasteiger partial charge on any atom is -0.289 e. The second-order valence-corrected chi connectivity index (χ2v) is 5.37. The fourth-order valence-corrected chi connectivity index (χ4v) is 2.02. The molecule has 1 amide bonds. The topological polar surface area (TPSA) is 32.3 Å². The molecule has 0 aromatic heterocycles. The summed E-state index contributed by atoms with van der Waals surface area (Å²) >= 11 is 0. The van der Waals surface area contributed by atoms with E-state index < -0.39 is 0 Å². The largest absolute Gasteiger partial charge is 0.289 e. The van der Waals surface area contributed by atoms with Gasteiger partial charge in [-0.05, 0) is 32.1 Å². The number of nitrogens with zero attached hydrogens (tertiary/aromatic N) is 1. The van der Waals surface area contributed by atoms with Gasteiger partial charge in [-0.25, -0.2) is 5.01 Å². The van der Waals surface area contributed by atoms with Gasteiger partial charge >= 0.3 is 0 Å². The first kappa shape index (κ1) is 11.5. The Hall–Kier alpha value is -0.570. The lowest BCUT2D eigenvalue weighted by molar-refractivity contribution is -0.133. The third-order valence-corrected chi connectivity index (χ3v) is 3.81. The average molecular weight is 198 g/mol. The molecule has 14 heavy (non-hydrogen) atoms. The molecule has 0 aromatic carbocycles. The second kappa shape index (κ2) is 3.54. The van der Waals surface area contributed by atoms with E-state index in [2.05, 4.69) is 38.1 Å². The standard InChI is InChI=1S/C11H22N2O/c1-9(14)12-13-8-6-7-10(2,3)11(13,4)5/h6-8H2,1-5H3,(H,12,14). The van der Waals surface area contributed by atoms with Crippen molar-refractivity contribution in [1.82, 2.24) is 10.4 Å². The van der Waals surface area contributed by atoms with Crippen LogP contribution in [0.15, 0.2) is 0 Å². The molecule has 0 atom stereocenters. The summed E-state index contributed by atoms with van der Waals surface area (Å²) in [5.74, 6) is 0.0239. The van der Waals surface area contributed by atoms with Crippen LogP contribution in [-0.4, -0.2) is 23.0 Å². The van der Waals surface area contributed by atoms with E-state index in [1.807, 2.05) is 0 Å². The maximum absolute atomic E-state index is 11.1. The Morgan fingerprint density at radius 3 is 2.36 bits per heavy atom. The minimum atomic E-state index is 0.0239. The summed E-state index contributed by atoms with van der Waals surface area (Å²) in [6, 6.07) is 0. The maximum Gasteiger partial charge on any atom is 0.231 e. The van der Waals surface area contributed by atoms with Crippen LogP contribution in [0.4, 0.5) is 0 Å². The zero-order valence-corrected chi connectivity index (χ0v) is 9.98. The van der Waals surface area contributed by atoms with Crippen molar-refractivity contribution in [2.45, 2.75) is 53.0 Å². The Balaban J connectivity index is 2.81. The number of hydrogen-bond acceptors (Lipinski definition) is 2. The van der Waals surface area contributed by atoms with Gasteiger partial charge in [-0.15, -0.1) is 0 Å². The molecule has 1 N–H and O–H groups in total. The van der Waals surface area contributed by atoms with Gasteiger partial charge in [-0.1, -0.05) is 13.8 Å². The smallest absolute Gasteiger partial charge is 0.231 e. The number of hydrazine groups is 1. The fourth-order valence-electron chi connectivity index (χ4n) is 2.02. The van der Waals surface area contributed by atoms with Crippen molar-refractivity contribution in [2.75, 3.05) is 6.54 Å². The Morgan fingerprint density at radius 1 is 1.29 bits per heavy atom. The van der Waals surface area contributed by atoms with Crippen LogP contribution in [0.25, 0.3) is 0 Å². The van der Waals surface area contributed by atoms with Gasteiger partial charge in [0.2, 0.25) is 5.91 Å². The summed E-state index contributed by atoms with van der Waals surface area (Å²) in [4.78, 5) is 11.1. The Labute approximate surface area is 86.8 Å². The van der Waals surface area contributed by atoms with Crippen molar-refractivity contribution in [3.8, 4) is 0 Å². The molecular formula is C11H22N2O. The van der Waals surface area contributed by atoms with Crippen molar-refractivity contribution in [1.29, 1.82) is 0 Å². The van der Waals surface area contributed by atoms with Crippen LogP contribution in [0.2, 0.25) is 0 Å². The average Bonchev–Trinajstić information content (AvgIpc) is 1.98. The highest BCUT2D eigenvalue weighted by Crippen LogP contribution is 2.42. The molecule has 82 valence electrons. The lowest BCUT2D eigenvalue weighted by Crippen LogP contribution is -2.63. The van der Waals surface area contributed by atoms with Crippen LogP contribution < -0.4 is 5.43 Å². The molecule has 0 saturated carbocycles. The molecule has 0 unspecified atom stereocenters. The number of amides is 1. The van der Waals surface area contributed by atoms with Gasteiger partial charge in [0.05, 0.1) is 0 Å². The number of rotatable bonds is 1. The van der Waals surface area contributed by atoms with E-state index in [4.69, 9.17) is 0 Å². The predicted octanol–water partition coefficient (Wildman–Crippen LogP) is 1.94. The zero-order chi connectivity index (χ0) is 11.0. The normalized spacial score (nSPS) is 25.8. The Morgan fingerprint density at radius 2 is 1.86 bits per heavy atom. The molecule has 3 heteroatoms. The van der Waals surface area contributed by atoms with Crippen LogP contribution in [0.3, 0.4) is 0 Å². The van der Waals surface area contributed by atoms with Gasteiger partial charge in [0.15, 0.2) is 0 Å². The summed E-state index contributed by atoms with van der Waals surface area (Å²) in [5.41, 5.74) is 3.19. The summed E-state index contributed by atoms with van der Waals surface area (Å²) in [6.45, 7) is 11.4. The number of nitrogens with one attached hydrogen (secondary N) is 1. The van der Waals surface area contributed by atoms with E-state index >= 15 is 0 Å². The first-order valence-electron chi connectivity index (χ1n) is 5.32. The zero-order valence-electron chi connectivity index (χ0n) is 9.98. The first-order chi connectivity index (χ1) is 6.27. The van der Waals surface area contributed by atoms with Crippen LogP contribution in [-0.2, 0) is 4.79 Å². The Kier molecular flexibility index (Phi) is 2.91. The van der Waals surface area contributed by atoms with Crippen LogP contribution in [0, 0.1) is 5.41 Å². The quantitative estimate of drug-likeness (QED) is 0.698. The SMILES string of the molecule is CC(=O)NN1CCCC(C)(C)C1(C)C. The van der Waals surface area contributed by atoms with Crippen LogP contribution >= 0.6 is 0 Å². The van der Waals surface area contributed by atoms with Gasteiger partial charge in [-0.3, -0.25) is 10.2 Å². The van der Waals surface area contributed by atoms with Crippen molar-refractivity contribution >= 4 is 5.91 Å². The molecule has 1 rings (SSSR count). The molecule has 3 nitrogen and oxygen atoms in total. The fraction of sp³-hybridized carbons (Fsp3) is 0.909. The van der Waals surface area contributed by atoms with Crippen molar-refractivity contribution in [3.63, 3.8) is 0 Å². The monoisotopic (exact) mass is 198 g/mol. The number of carbonyl (C=O) groups excluding carboxylic acids is 1. The highest BCUT2D eigenvalue weighted by molar-refractivity contribution is 5.72. The maximum atomic E-state index is 11.1. The second-order valence-electron chi connectivity index (χ2n) is 5.37. The first-order valence-corrected chi connectivity index (χ1v) is 5.32. The van der Waals surface area contributed by atoms with E-state index in [9.17, 15) is 4.79 Å². The molecule has 0 radical (unpaired) electrons. The Bertz CT molecular complexity index is 233. The van der Waals surface area contributed by atoms with Gasteiger partial charge in [0.1, 0.15) is 0 Å². The number of piperidine rings is 1. The van der Waals surface area contributed by atoms with Crippen molar-refractivity contribution in [3.05, 3.63) is 0 Å². The highest BCUT2D eigenvalue weighted by Gasteiger charge is 2.44. The molecule has 0 aliphatic carbocycles. The molecule has 1 saturated heterocycles. The van der Waals surface area contributed by atoms with E-state index in [-0.39, 0.29) is 16.9 Å². The van der Waals surface area contributed by atoms with E-state index in [1.54, 1.807) is 6.92 Å². The minimum absolute atomic E-state index is 0.0239. The summed E-state index contributed by atoms with van der Waals surface area (Å²) in [5, 5.41) is 2.08. The van der Waals surface area contributed by atoms with E-state index in [1.165, 1.54) is 6.42 Å². The van der Waals surface area contributed by atoms with Gasteiger partial charge in [0, 0.05) is 19.0 Å². The lowest BCUT2D eigenvalue weighted by atomic mass is 9.69.